The van der Waals surface area contributed by atoms with E-state index in [1.807, 2.05) is 36.4 Å². The monoisotopic (exact) mass is 427 g/mol. The molecule has 2 N–H and O–H groups in total. The van der Waals surface area contributed by atoms with E-state index in [0.29, 0.717) is 12.1 Å². The highest BCUT2D eigenvalue weighted by Gasteiger charge is 2.46. The molecule has 1 saturated heterocycles. The lowest BCUT2D eigenvalue weighted by Crippen LogP contribution is -2.43. The van der Waals surface area contributed by atoms with Gasteiger partial charge in [-0.3, -0.25) is 4.79 Å². The molecule has 1 amide bonds. The third-order valence-electron chi connectivity index (χ3n) is 6.56. The van der Waals surface area contributed by atoms with Crippen LogP contribution in [0.15, 0.2) is 66.7 Å². The fourth-order valence-corrected chi connectivity index (χ4v) is 5.03. The molecular formula is C26H22FN3O2. The summed E-state index contributed by atoms with van der Waals surface area (Å²) in [6.45, 7) is 0.447. The van der Waals surface area contributed by atoms with Gasteiger partial charge in [-0.15, -0.1) is 0 Å². The fourth-order valence-electron chi connectivity index (χ4n) is 5.03. The van der Waals surface area contributed by atoms with Crippen molar-refractivity contribution >= 4 is 11.6 Å². The van der Waals surface area contributed by atoms with Crippen molar-refractivity contribution in [3.63, 3.8) is 0 Å². The topological polar surface area (TPSA) is 76.4 Å². The highest BCUT2D eigenvalue weighted by atomic mass is 19.1. The molecule has 3 aromatic rings. The van der Waals surface area contributed by atoms with E-state index < -0.39 is 5.82 Å². The van der Waals surface area contributed by atoms with Crippen molar-refractivity contribution in [3.8, 4) is 17.2 Å². The van der Waals surface area contributed by atoms with E-state index >= 15 is 0 Å². The Morgan fingerprint density at radius 1 is 1.12 bits per heavy atom. The number of carbonyl (C=O) groups is 1. The number of aliphatic hydroxyl groups excluding tert-OH is 1. The number of aliphatic hydroxyl groups is 1. The summed E-state index contributed by atoms with van der Waals surface area (Å²) in [6.07, 6.45) is 0.719. The van der Waals surface area contributed by atoms with Gasteiger partial charge in [0, 0.05) is 18.2 Å². The molecular weight excluding hydrogens is 405 g/mol. The molecule has 0 aromatic heterocycles. The largest absolute Gasteiger partial charge is 0.394 e. The van der Waals surface area contributed by atoms with E-state index in [0.717, 1.165) is 28.8 Å². The molecule has 2 heterocycles. The number of halogens is 1. The van der Waals surface area contributed by atoms with Gasteiger partial charge in [0.05, 0.1) is 35.9 Å². The number of nitriles is 1. The van der Waals surface area contributed by atoms with Crippen molar-refractivity contribution in [1.82, 2.24) is 4.90 Å². The van der Waals surface area contributed by atoms with Crippen molar-refractivity contribution < 1.29 is 14.3 Å². The van der Waals surface area contributed by atoms with Crippen LogP contribution in [0.2, 0.25) is 0 Å². The van der Waals surface area contributed by atoms with Gasteiger partial charge in [-0.2, -0.15) is 5.26 Å². The quantitative estimate of drug-likeness (QED) is 0.651. The number of hydrogen-bond donors (Lipinski definition) is 2. The van der Waals surface area contributed by atoms with Crippen molar-refractivity contribution in [2.75, 3.05) is 18.5 Å². The number of benzene rings is 3. The maximum Gasteiger partial charge on any atom is 0.257 e. The Hall–Kier alpha value is -3.69. The molecule has 0 saturated carbocycles. The molecule has 0 unspecified atom stereocenters. The number of hydrogen-bond acceptors (Lipinski definition) is 4. The SMILES string of the molecule is N#Cc1cccc(-c2ccc3c(c2)[C@@H]2[C@@H](CCN2C(=O)c2ccccc2F)[C@H](CO)N3)c1. The van der Waals surface area contributed by atoms with E-state index in [1.165, 1.54) is 12.1 Å². The average molecular weight is 427 g/mol. The summed E-state index contributed by atoms with van der Waals surface area (Å²) >= 11 is 0. The first kappa shape index (κ1) is 20.2. The van der Waals surface area contributed by atoms with Crippen molar-refractivity contribution in [2.45, 2.75) is 18.5 Å². The van der Waals surface area contributed by atoms with Gasteiger partial charge in [0.1, 0.15) is 5.82 Å². The van der Waals surface area contributed by atoms with Gasteiger partial charge < -0.3 is 15.3 Å². The average Bonchev–Trinajstić information content (AvgIpc) is 3.29. The summed E-state index contributed by atoms with van der Waals surface area (Å²) in [4.78, 5) is 15.1. The molecule has 6 heteroatoms. The number of rotatable bonds is 3. The Labute approximate surface area is 185 Å². The summed E-state index contributed by atoms with van der Waals surface area (Å²) in [7, 11) is 0. The zero-order valence-electron chi connectivity index (χ0n) is 17.3. The zero-order valence-corrected chi connectivity index (χ0v) is 17.3. The van der Waals surface area contributed by atoms with Crippen LogP contribution >= 0.6 is 0 Å². The minimum absolute atomic E-state index is 0.0175. The molecule has 160 valence electrons. The standard InChI is InChI=1S/C26H22FN3O2/c27-22-7-2-1-6-19(22)26(32)30-11-10-20-24(15-31)29-23-9-8-18(13-21(23)25(20)30)17-5-3-4-16(12-17)14-28/h1-9,12-13,20,24-25,29,31H,10-11,15H2/t20-,24-,25-/m0/s1. The van der Waals surface area contributed by atoms with Gasteiger partial charge in [0.2, 0.25) is 0 Å². The lowest BCUT2D eigenvalue weighted by molar-refractivity contribution is 0.0696. The first-order valence-electron chi connectivity index (χ1n) is 10.7. The van der Waals surface area contributed by atoms with Crippen LogP contribution in [0, 0.1) is 23.1 Å². The van der Waals surface area contributed by atoms with Gasteiger partial charge in [-0.1, -0.05) is 30.3 Å². The maximum atomic E-state index is 14.4. The minimum Gasteiger partial charge on any atom is -0.394 e. The third-order valence-corrected chi connectivity index (χ3v) is 6.56. The lowest BCUT2D eigenvalue weighted by atomic mass is 9.82. The van der Waals surface area contributed by atoms with Crippen LogP contribution in [-0.4, -0.2) is 35.1 Å². The Morgan fingerprint density at radius 2 is 1.94 bits per heavy atom. The van der Waals surface area contributed by atoms with Crippen LogP contribution in [0.5, 0.6) is 0 Å². The Bertz CT molecular complexity index is 1240. The molecule has 0 aliphatic carbocycles. The predicted octanol–water partition coefficient (Wildman–Crippen LogP) is 4.35. The summed E-state index contributed by atoms with van der Waals surface area (Å²) in [5.41, 5.74) is 4.30. The summed E-state index contributed by atoms with van der Waals surface area (Å²) < 4.78 is 14.4. The Kier molecular flexibility index (Phi) is 5.12. The van der Waals surface area contributed by atoms with Gasteiger partial charge in [-0.25, -0.2) is 4.39 Å². The van der Waals surface area contributed by atoms with Crippen LogP contribution in [0.3, 0.4) is 0 Å². The van der Waals surface area contributed by atoms with Crippen molar-refractivity contribution in [3.05, 3.63) is 89.2 Å². The number of anilines is 1. The first-order valence-corrected chi connectivity index (χ1v) is 10.7. The highest BCUT2D eigenvalue weighted by molar-refractivity contribution is 5.95. The van der Waals surface area contributed by atoms with Crippen LogP contribution in [0.1, 0.15) is 33.9 Å². The summed E-state index contributed by atoms with van der Waals surface area (Å²) in [6, 6.07) is 21.1. The smallest absolute Gasteiger partial charge is 0.257 e. The molecule has 3 aromatic carbocycles. The number of amides is 1. The predicted molar refractivity (Wildman–Crippen MR) is 119 cm³/mol. The van der Waals surface area contributed by atoms with Crippen molar-refractivity contribution in [1.29, 1.82) is 5.26 Å². The maximum absolute atomic E-state index is 14.4. The normalized spacial score (nSPS) is 21.3. The third kappa shape index (κ3) is 3.31. The molecule has 0 spiro atoms. The van der Waals surface area contributed by atoms with Gasteiger partial charge in [0.25, 0.3) is 5.91 Å². The number of fused-ring (bicyclic) bond motifs is 3. The molecule has 32 heavy (non-hydrogen) atoms. The molecule has 5 rings (SSSR count). The fraction of sp³-hybridized carbons (Fsp3) is 0.231. The van der Waals surface area contributed by atoms with E-state index in [9.17, 15) is 19.6 Å². The molecule has 3 atom stereocenters. The van der Waals surface area contributed by atoms with E-state index in [4.69, 9.17) is 0 Å². The Balaban J connectivity index is 1.59. The summed E-state index contributed by atoms with van der Waals surface area (Å²) in [5, 5.41) is 22.6. The Morgan fingerprint density at radius 3 is 2.72 bits per heavy atom. The first-order chi connectivity index (χ1) is 15.6. The lowest BCUT2D eigenvalue weighted by Gasteiger charge is -2.39. The molecule has 5 nitrogen and oxygen atoms in total. The number of carbonyl (C=O) groups excluding carboxylic acids is 1. The molecule has 2 aliphatic heterocycles. The second kappa shape index (κ2) is 8.10. The molecule has 0 radical (unpaired) electrons. The van der Waals surface area contributed by atoms with Crippen LogP contribution in [0.4, 0.5) is 10.1 Å². The highest BCUT2D eigenvalue weighted by Crippen LogP contribution is 2.47. The summed E-state index contributed by atoms with van der Waals surface area (Å²) in [5.74, 6) is -0.850. The zero-order chi connectivity index (χ0) is 22.2. The number of likely N-dealkylation sites (tertiary alicyclic amines) is 1. The van der Waals surface area contributed by atoms with Crippen LogP contribution in [-0.2, 0) is 0 Å². The van der Waals surface area contributed by atoms with E-state index in [-0.39, 0.29) is 36.1 Å². The second-order valence-electron chi connectivity index (χ2n) is 8.30. The van der Waals surface area contributed by atoms with Gasteiger partial charge >= 0.3 is 0 Å². The van der Waals surface area contributed by atoms with Crippen molar-refractivity contribution in [2.24, 2.45) is 5.92 Å². The minimum atomic E-state index is -0.532. The van der Waals surface area contributed by atoms with Gasteiger partial charge in [-0.05, 0) is 59.5 Å². The number of nitrogens with one attached hydrogen (secondary N) is 1. The van der Waals surface area contributed by atoms with E-state index in [1.54, 1.807) is 23.1 Å². The van der Waals surface area contributed by atoms with Crippen LogP contribution in [0.25, 0.3) is 11.1 Å². The molecule has 0 bridgehead atoms. The molecule has 2 aliphatic rings. The van der Waals surface area contributed by atoms with E-state index in [2.05, 4.69) is 11.4 Å². The van der Waals surface area contributed by atoms with Gasteiger partial charge in [0.15, 0.2) is 0 Å². The molecule has 1 fully saturated rings. The van der Waals surface area contributed by atoms with Crippen LogP contribution < -0.4 is 5.32 Å². The second-order valence-corrected chi connectivity index (χ2v) is 8.30. The number of nitrogens with zero attached hydrogens (tertiary/aromatic N) is 2.